The molecule has 8 bridgehead atoms. The highest BCUT2D eigenvalue weighted by molar-refractivity contribution is 5.70. The van der Waals surface area contributed by atoms with Crippen molar-refractivity contribution in [3.8, 4) is 0 Å². The van der Waals surface area contributed by atoms with Crippen molar-refractivity contribution >= 4 is 23.8 Å². The van der Waals surface area contributed by atoms with Crippen LogP contribution in [0.4, 0.5) is 0 Å². The second-order valence-electron chi connectivity index (χ2n) is 6.73. The minimum Gasteiger partial charge on any atom is -0.375 e. The van der Waals surface area contributed by atoms with E-state index in [1.165, 1.54) is 5.57 Å². The van der Waals surface area contributed by atoms with E-state index >= 15 is 0 Å². The molecule has 2 aromatic rings. The predicted molar refractivity (Wildman–Crippen MR) is 102 cm³/mol. The van der Waals surface area contributed by atoms with Crippen molar-refractivity contribution in [3.05, 3.63) is 82.0 Å². The fourth-order valence-corrected chi connectivity index (χ4v) is 3.53. The van der Waals surface area contributed by atoms with E-state index < -0.39 is 0 Å². The molecule has 0 aromatic carbocycles. The maximum absolute atomic E-state index is 3.57. The molecule has 2 unspecified atom stereocenters. The summed E-state index contributed by atoms with van der Waals surface area (Å²) in [6.45, 7) is 2.15. The van der Waals surface area contributed by atoms with Gasteiger partial charge in [-0.1, -0.05) is 12.2 Å². The fourth-order valence-electron chi connectivity index (χ4n) is 3.53. The average molecular weight is 328 g/mol. The van der Waals surface area contributed by atoms with Gasteiger partial charge in [-0.05, 0) is 67.1 Å². The Kier molecular flexibility index (Phi) is 3.10. The monoisotopic (exact) mass is 328 g/mol. The van der Waals surface area contributed by atoms with Gasteiger partial charge in [0.1, 0.15) is 0 Å². The van der Waals surface area contributed by atoms with Gasteiger partial charge in [0.25, 0.3) is 0 Å². The van der Waals surface area contributed by atoms with E-state index in [1.807, 2.05) is 0 Å². The van der Waals surface area contributed by atoms with E-state index in [2.05, 4.69) is 94.3 Å². The summed E-state index contributed by atoms with van der Waals surface area (Å²) in [5.74, 6) is 0. The number of nitrogens with one attached hydrogen (secondary N) is 4. The van der Waals surface area contributed by atoms with Gasteiger partial charge >= 0.3 is 0 Å². The van der Waals surface area contributed by atoms with Gasteiger partial charge in [0.2, 0.25) is 0 Å². The van der Waals surface area contributed by atoms with Crippen LogP contribution in [0.2, 0.25) is 0 Å². The minimum absolute atomic E-state index is 0.204. The maximum atomic E-state index is 3.57. The van der Waals surface area contributed by atoms with Gasteiger partial charge in [-0.2, -0.15) is 0 Å². The Morgan fingerprint density at radius 1 is 0.800 bits per heavy atom. The molecule has 2 atom stereocenters. The first kappa shape index (κ1) is 14.2. The summed E-state index contributed by atoms with van der Waals surface area (Å²) in [6, 6.07) is 8.92. The first-order valence-electron chi connectivity index (χ1n) is 8.63. The molecule has 25 heavy (non-hydrogen) atoms. The molecule has 0 radical (unpaired) electrons. The van der Waals surface area contributed by atoms with Crippen LogP contribution in [0.1, 0.15) is 18.3 Å². The van der Waals surface area contributed by atoms with Crippen LogP contribution in [0.3, 0.4) is 0 Å². The van der Waals surface area contributed by atoms with Gasteiger partial charge in [0, 0.05) is 33.5 Å². The summed E-state index contributed by atoms with van der Waals surface area (Å²) in [4.78, 5) is 6.97. The lowest BCUT2D eigenvalue weighted by Gasteiger charge is -2.09. The zero-order valence-electron chi connectivity index (χ0n) is 14.0. The van der Waals surface area contributed by atoms with Crippen molar-refractivity contribution in [3.63, 3.8) is 0 Å². The molecule has 0 saturated carbocycles. The highest BCUT2D eigenvalue weighted by atomic mass is 15.0. The van der Waals surface area contributed by atoms with Crippen LogP contribution >= 0.6 is 0 Å². The largest absolute Gasteiger partial charge is 0.375 e. The molecule has 3 aliphatic rings. The molecule has 4 N–H and O–H groups in total. The molecule has 124 valence electrons. The SMILES string of the molecule is C/C1=C2\C=CC(/C=c3/cc/c([nH]3)=C/C3C=C/C(=C/c4ccc1[nH]4)N3)N2. The smallest absolute Gasteiger partial charge is 0.0655 e. The first-order valence-corrected chi connectivity index (χ1v) is 8.63. The van der Waals surface area contributed by atoms with Gasteiger partial charge in [0.05, 0.1) is 12.1 Å². The molecular formula is C21H20N4. The Hall–Kier alpha value is -3.14. The number of H-pyrrole nitrogens is 2. The van der Waals surface area contributed by atoms with E-state index in [4.69, 9.17) is 0 Å². The van der Waals surface area contributed by atoms with Crippen molar-refractivity contribution in [2.45, 2.75) is 19.0 Å². The van der Waals surface area contributed by atoms with Crippen LogP contribution in [0.15, 0.2) is 60.0 Å². The lowest BCUT2D eigenvalue weighted by molar-refractivity contribution is 0.872. The Morgan fingerprint density at radius 3 is 2.40 bits per heavy atom. The number of aromatic nitrogens is 2. The third kappa shape index (κ3) is 2.66. The van der Waals surface area contributed by atoms with Crippen LogP contribution < -0.4 is 21.3 Å². The Balaban J connectivity index is 1.65. The van der Waals surface area contributed by atoms with Gasteiger partial charge in [-0.25, -0.2) is 0 Å². The zero-order valence-corrected chi connectivity index (χ0v) is 14.0. The highest BCUT2D eigenvalue weighted by Gasteiger charge is 2.14. The van der Waals surface area contributed by atoms with Gasteiger partial charge in [0.15, 0.2) is 0 Å². The normalized spacial score (nSPS) is 31.3. The third-order valence-corrected chi connectivity index (χ3v) is 4.89. The van der Waals surface area contributed by atoms with Gasteiger partial charge < -0.3 is 20.6 Å². The van der Waals surface area contributed by atoms with Crippen LogP contribution in [0, 0.1) is 0 Å². The molecular weight excluding hydrogens is 308 g/mol. The second kappa shape index (κ2) is 5.45. The zero-order chi connectivity index (χ0) is 16.8. The number of hydrogen-bond acceptors (Lipinski definition) is 2. The van der Waals surface area contributed by atoms with Crippen molar-refractivity contribution in [1.82, 2.24) is 20.6 Å². The summed E-state index contributed by atoms with van der Waals surface area (Å²) < 4.78 is 0. The van der Waals surface area contributed by atoms with Crippen molar-refractivity contribution in [1.29, 1.82) is 0 Å². The molecule has 3 aliphatic heterocycles. The third-order valence-electron chi connectivity index (χ3n) is 4.89. The molecule has 0 saturated heterocycles. The molecule has 0 spiro atoms. The quantitative estimate of drug-likeness (QED) is 0.595. The molecule has 4 heteroatoms. The summed E-state index contributed by atoms with van der Waals surface area (Å²) in [6.07, 6.45) is 15.2. The first-order chi connectivity index (χ1) is 12.2. The Morgan fingerprint density at radius 2 is 1.56 bits per heavy atom. The van der Waals surface area contributed by atoms with Crippen LogP contribution in [-0.4, -0.2) is 22.1 Å². The van der Waals surface area contributed by atoms with Crippen LogP contribution in [0.25, 0.3) is 23.8 Å². The lowest BCUT2D eigenvalue weighted by Crippen LogP contribution is -2.24. The van der Waals surface area contributed by atoms with Crippen molar-refractivity contribution in [2.24, 2.45) is 0 Å². The second-order valence-corrected chi connectivity index (χ2v) is 6.73. The molecule has 0 aliphatic carbocycles. The summed E-state index contributed by atoms with van der Waals surface area (Å²) in [5.41, 5.74) is 5.73. The van der Waals surface area contributed by atoms with Crippen molar-refractivity contribution < 1.29 is 0 Å². The molecule has 0 fully saturated rings. The van der Waals surface area contributed by atoms with Crippen molar-refractivity contribution in [2.75, 3.05) is 0 Å². The average Bonchev–Trinajstić information content (AvgIpc) is 3.36. The van der Waals surface area contributed by atoms with E-state index in [-0.39, 0.29) is 12.1 Å². The fraction of sp³-hybridized carbons (Fsp3) is 0.143. The van der Waals surface area contributed by atoms with E-state index in [9.17, 15) is 0 Å². The molecule has 2 aromatic heterocycles. The number of aromatic amines is 2. The number of hydrogen-bond donors (Lipinski definition) is 4. The topological polar surface area (TPSA) is 55.6 Å². The minimum atomic E-state index is 0.204. The van der Waals surface area contributed by atoms with E-state index in [0.29, 0.717) is 0 Å². The van der Waals surface area contributed by atoms with Crippen LogP contribution in [0.5, 0.6) is 0 Å². The number of rotatable bonds is 0. The number of allylic oxidation sites excluding steroid dienone is 3. The Labute approximate surface area is 146 Å². The highest BCUT2D eigenvalue weighted by Crippen LogP contribution is 2.22. The molecule has 5 rings (SSSR count). The van der Waals surface area contributed by atoms with E-state index in [0.717, 1.165) is 33.5 Å². The summed E-state index contributed by atoms with van der Waals surface area (Å²) in [7, 11) is 0. The molecule has 4 nitrogen and oxygen atoms in total. The van der Waals surface area contributed by atoms with E-state index in [1.54, 1.807) is 0 Å². The molecule has 5 heterocycles. The lowest BCUT2D eigenvalue weighted by atomic mass is 10.2. The van der Waals surface area contributed by atoms with Crippen LogP contribution in [-0.2, 0) is 0 Å². The maximum Gasteiger partial charge on any atom is 0.0655 e. The summed E-state index contributed by atoms with van der Waals surface area (Å²) in [5, 5.41) is 9.34. The standard InChI is InChI=1S/C21H20N4/c1-13-20-8-6-18(24-20)11-16-4-2-14(22-16)10-15-3-5-17(23-15)12-19-7-9-21(13)25-19/h2-12,14,19,22-25H,1H3/b15-10-,16-11-,17-12-,21-13-. The summed E-state index contributed by atoms with van der Waals surface area (Å²) >= 11 is 0. The predicted octanol–water partition coefficient (Wildman–Crippen LogP) is 1.75. The van der Waals surface area contributed by atoms with Gasteiger partial charge in [-0.3, -0.25) is 0 Å². The van der Waals surface area contributed by atoms with Gasteiger partial charge in [-0.15, -0.1) is 0 Å². The Bertz CT molecular complexity index is 1070. The molecule has 0 amide bonds. The number of fused-ring (bicyclic) bond motifs is 8.